The normalized spacial score (nSPS) is 9.68. The van der Waals surface area contributed by atoms with Crippen molar-refractivity contribution in [2.24, 2.45) is 0 Å². The van der Waals surface area contributed by atoms with Gasteiger partial charge in [-0.2, -0.15) is 5.26 Å². The Kier molecular flexibility index (Phi) is 3.34. The summed E-state index contributed by atoms with van der Waals surface area (Å²) in [6, 6.07) is 5.26. The molecule has 0 unspecified atom stereocenters. The molecule has 0 aliphatic heterocycles. The maximum atomic E-state index is 12.9. The number of hydrogen-bond donors (Lipinski definition) is 2. The van der Waals surface area contributed by atoms with Crippen molar-refractivity contribution in [1.29, 1.82) is 5.26 Å². The molecule has 7 heteroatoms. The smallest absolute Gasteiger partial charge is 0.275 e. The monoisotopic (exact) mass is 257 g/mol. The fourth-order valence-corrected chi connectivity index (χ4v) is 1.39. The van der Waals surface area contributed by atoms with Gasteiger partial charge in [-0.05, 0) is 18.2 Å². The molecule has 0 atom stereocenters. The molecule has 0 saturated carbocycles. The van der Waals surface area contributed by atoms with Crippen molar-refractivity contribution in [2.45, 2.75) is 0 Å². The van der Waals surface area contributed by atoms with Crippen molar-refractivity contribution in [2.75, 3.05) is 11.1 Å². The van der Waals surface area contributed by atoms with Crippen molar-refractivity contribution in [1.82, 2.24) is 9.97 Å². The topological polar surface area (TPSA) is 105 Å². The zero-order valence-electron chi connectivity index (χ0n) is 9.59. The molecule has 1 aromatic heterocycles. The van der Waals surface area contributed by atoms with E-state index in [9.17, 15) is 9.18 Å². The Morgan fingerprint density at radius 3 is 2.89 bits per heavy atom. The molecule has 0 spiro atoms. The summed E-state index contributed by atoms with van der Waals surface area (Å²) in [4.78, 5) is 19.4. The maximum absolute atomic E-state index is 12.9. The fourth-order valence-electron chi connectivity index (χ4n) is 1.39. The average molecular weight is 257 g/mol. The van der Waals surface area contributed by atoms with Crippen LogP contribution in [0.4, 0.5) is 15.9 Å². The molecule has 0 aliphatic carbocycles. The number of benzene rings is 1. The predicted molar refractivity (Wildman–Crippen MR) is 65.5 cm³/mol. The van der Waals surface area contributed by atoms with E-state index in [1.807, 2.05) is 0 Å². The Balaban J connectivity index is 2.27. The highest BCUT2D eigenvalue weighted by molar-refractivity contribution is 6.03. The number of amides is 1. The number of rotatable bonds is 2. The van der Waals surface area contributed by atoms with Gasteiger partial charge in [0.05, 0.1) is 23.6 Å². The summed E-state index contributed by atoms with van der Waals surface area (Å²) in [6.07, 6.45) is 2.54. The molecule has 0 fully saturated rings. The van der Waals surface area contributed by atoms with E-state index in [-0.39, 0.29) is 22.8 Å². The Morgan fingerprint density at radius 2 is 2.21 bits per heavy atom. The van der Waals surface area contributed by atoms with Crippen LogP contribution in [0.5, 0.6) is 0 Å². The number of aromatic nitrogens is 2. The minimum absolute atomic E-state index is 0.00761. The lowest BCUT2D eigenvalue weighted by atomic mass is 10.2. The highest BCUT2D eigenvalue weighted by atomic mass is 19.1. The van der Waals surface area contributed by atoms with E-state index in [2.05, 4.69) is 15.3 Å². The number of halogens is 1. The van der Waals surface area contributed by atoms with E-state index in [1.165, 1.54) is 18.5 Å². The lowest BCUT2D eigenvalue weighted by Gasteiger charge is -2.06. The number of nitrogens with two attached hydrogens (primary N) is 1. The first kappa shape index (κ1) is 12.4. The van der Waals surface area contributed by atoms with E-state index in [0.29, 0.717) is 0 Å². The SMILES string of the molecule is N#Cc1cc(F)ccc1NC(=O)c1cncc(N)n1. The van der Waals surface area contributed by atoms with E-state index in [4.69, 9.17) is 11.0 Å². The summed E-state index contributed by atoms with van der Waals surface area (Å²) in [5.41, 5.74) is 5.63. The number of anilines is 2. The lowest BCUT2D eigenvalue weighted by Crippen LogP contribution is -2.15. The van der Waals surface area contributed by atoms with Gasteiger partial charge in [-0.3, -0.25) is 9.78 Å². The van der Waals surface area contributed by atoms with Crippen molar-refractivity contribution >= 4 is 17.4 Å². The third kappa shape index (κ3) is 2.81. The molecule has 0 aliphatic rings. The Bertz CT molecular complexity index is 680. The maximum Gasteiger partial charge on any atom is 0.275 e. The van der Waals surface area contributed by atoms with Gasteiger partial charge in [0.15, 0.2) is 0 Å². The molecule has 0 radical (unpaired) electrons. The van der Waals surface area contributed by atoms with Crippen LogP contribution in [0.1, 0.15) is 16.1 Å². The molecule has 0 bridgehead atoms. The third-order valence-electron chi connectivity index (χ3n) is 2.24. The minimum Gasteiger partial charge on any atom is -0.382 e. The molecule has 19 heavy (non-hydrogen) atoms. The summed E-state index contributed by atoms with van der Waals surface area (Å²) in [6.45, 7) is 0. The van der Waals surface area contributed by atoms with Crippen LogP contribution in [0.15, 0.2) is 30.6 Å². The molecule has 1 heterocycles. The van der Waals surface area contributed by atoms with Crippen LogP contribution >= 0.6 is 0 Å². The second kappa shape index (κ2) is 5.10. The summed E-state index contributed by atoms with van der Waals surface area (Å²) < 4.78 is 12.9. The van der Waals surface area contributed by atoms with E-state index in [1.54, 1.807) is 6.07 Å². The van der Waals surface area contributed by atoms with Crippen molar-refractivity contribution in [3.63, 3.8) is 0 Å². The second-order valence-electron chi connectivity index (χ2n) is 3.59. The highest BCUT2D eigenvalue weighted by Gasteiger charge is 2.11. The molecular formula is C12H8FN5O. The number of nitrogens with zero attached hydrogens (tertiary/aromatic N) is 3. The first-order valence-electron chi connectivity index (χ1n) is 5.18. The van der Waals surface area contributed by atoms with Gasteiger partial charge in [0.25, 0.3) is 5.91 Å². The van der Waals surface area contributed by atoms with Crippen LogP contribution in [0.25, 0.3) is 0 Å². The quantitative estimate of drug-likeness (QED) is 0.844. The van der Waals surface area contributed by atoms with Crippen LogP contribution < -0.4 is 11.1 Å². The standard InChI is InChI=1S/C12H8FN5O/c13-8-1-2-9(7(3-8)4-14)18-12(19)10-5-16-6-11(15)17-10/h1-3,5-6H,(H2,15,17)(H,18,19). The summed E-state index contributed by atoms with van der Waals surface area (Å²) in [7, 11) is 0. The fraction of sp³-hybridized carbons (Fsp3) is 0. The number of nitrogens with one attached hydrogen (secondary N) is 1. The average Bonchev–Trinajstić information content (AvgIpc) is 2.40. The number of nitriles is 1. The zero-order chi connectivity index (χ0) is 13.8. The molecule has 6 nitrogen and oxygen atoms in total. The number of nitrogen functional groups attached to an aromatic ring is 1. The number of hydrogen-bond acceptors (Lipinski definition) is 5. The largest absolute Gasteiger partial charge is 0.382 e. The molecule has 1 aromatic carbocycles. The van der Waals surface area contributed by atoms with Crippen molar-refractivity contribution in [3.8, 4) is 6.07 Å². The van der Waals surface area contributed by atoms with E-state index < -0.39 is 11.7 Å². The van der Waals surface area contributed by atoms with Gasteiger partial charge in [-0.1, -0.05) is 0 Å². The first-order chi connectivity index (χ1) is 9.10. The Labute approximate surface area is 107 Å². The Morgan fingerprint density at radius 1 is 1.42 bits per heavy atom. The molecule has 1 amide bonds. The molecule has 2 aromatic rings. The Hall–Kier alpha value is -3.01. The van der Waals surface area contributed by atoms with Crippen LogP contribution in [-0.2, 0) is 0 Å². The van der Waals surface area contributed by atoms with Crippen molar-refractivity contribution in [3.05, 3.63) is 47.7 Å². The molecule has 2 rings (SSSR count). The van der Waals surface area contributed by atoms with Crippen molar-refractivity contribution < 1.29 is 9.18 Å². The summed E-state index contributed by atoms with van der Waals surface area (Å²) in [5, 5.41) is 11.3. The van der Waals surface area contributed by atoms with E-state index in [0.717, 1.165) is 12.1 Å². The van der Waals surface area contributed by atoms with Gasteiger partial charge in [0, 0.05) is 0 Å². The van der Waals surface area contributed by atoms with Gasteiger partial charge in [-0.15, -0.1) is 0 Å². The molecule has 3 N–H and O–H groups in total. The first-order valence-corrected chi connectivity index (χ1v) is 5.18. The molecule has 94 valence electrons. The molecule has 0 saturated heterocycles. The number of carbonyl (C=O) groups excluding carboxylic acids is 1. The predicted octanol–water partition coefficient (Wildman–Crippen LogP) is 1.32. The van der Waals surface area contributed by atoms with Gasteiger partial charge in [0.2, 0.25) is 0 Å². The minimum atomic E-state index is -0.581. The zero-order valence-corrected chi connectivity index (χ0v) is 9.59. The van der Waals surface area contributed by atoms with Gasteiger partial charge >= 0.3 is 0 Å². The van der Waals surface area contributed by atoms with Crippen LogP contribution in [0.3, 0.4) is 0 Å². The summed E-state index contributed by atoms with van der Waals surface area (Å²) >= 11 is 0. The van der Waals surface area contributed by atoms with E-state index >= 15 is 0 Å². The van der Waals surface area contributed by atoms with Crippen LogP contribution in [-0.4, -0.2) is 15.9 Å². The van der Waals surface area contributed by atoms with Crippen LogP contribution in [0, 0.1) is 17.1 Å². The summed E-state index contributed by atoms with van der Waals surface area (Å²) in [5.74, 6) is -1.03. The highest BCUT2D eigenvalue weighted by Crippen LogP contribution is 2.16. The van der Waals surface area contributed by atoms with Gasteiger partial charge < -0.3 is 11.1 Å². The van der Waals surface area contributed by atoms with Crippen LogP contribution in [0.2, 0.25) is 0 Å². The van der Waals surface area contributed by atoms with Gasteiger partial charge in [-0.25, -0.2) is 9.37 Å². The van der Waals surface area contributed by atoms with Gasteiger partial charge in [0.1, 0.15) is 23.4 Å². The molecular weight excluding hydrogens is 249 g/mol. The number of carbonyl (C=O) groups is 1. The lowest BCUT2D eigenvalue weighted by molar-refractivity contribution is 0.102. The second-order valence-corrected chi connectivity index (χ2v) is 3.59. The third-order valence-corrected chi connectivity index (χ3v) is 2.24.